The maximum atomic E-state index is 2.32. The van der Waals surface area contributed by atoms with Gasteiger partial charge in [-0.1, -0.05) is 67.4 Å². The summed E-state index contributed by atoms with van der Waals surface area (Å²) in [4.78, 5) is 0. The number of rotatable bonds is 5. The molecule has 0 atom stereocenters. The zero-order chi connectivity index (χ0) is 10.5. The monoisotopic (exact) mass is 200 g/mol. The standard InChI is InChI=1S/C15H20/c1-2-3-12-15(13-8-4-5-9-13)14-10-6-7-11-14/h4-8,10,15H,2-3,9,11-12H2,1H3. The summed E-state index contributed by atoms with van der Waals surface area (Å²) in [5, 5.41) is 0. The lowest BCUT2D eigenvalue weighted by molar-refractivity contribution is 0.581. The molecule has 15 heavy (non-hydrogen) atoms. The lowest BCUT2D eigenvalue weighted by Crippen LogP contribution is -2.06. The summed E-state index contributed by atoms with van der Waals surface area (Å²) in [7, 11) is 0. The van der Waals surface area contributed by atoms with E-state index in [1.807, 2.05) is 0 Å². The first-order chi connectivity index (χ1) is 7.42. The first kappa shape index (κ1) is 10.5. The molecule has 0 aliphatic heterocycles. The van der Waals surface area contributed by atoms with Gasteiger partial charge in [-0.05, 0) is 19.3 Å². The van der Waals surface area contributed by atoms with E-state index in [2.05, 4.69) is 43.4 Å². The molecule has 0 N–H and O–H groups in total. The molecule has 0 unspecified atom stereocenters. The Kier molecular flexibility index (Phi) is 3.60. The van der Waals surface area contributed by atoms with Crippen molar-refractivity contribution in [1.29, 1.82) is 0 Å². The van der Waals surface area contributed by atoms with Crippen LogP contribution >= 0.6 is 0 Å². The van der Waals surface area contributed by atoms with Gasteiger partial charge in [-0.3, -0.25) is 0 Å². The van der Waals surface area contributed by atoms with E-state index in [0.717, 1.165) is 5.92 Å². The second-order valence-corrected chi connectivity index (χ2v) is 4.44. The molecule has 0 saturated carbocycles. The first-order valence-electron chi connectivity index (χ1n) is 6.13. The van der Waals surface area contributed by atoms with Crippen molar-refractivity contribution in [3.8, 4) is 0 Å². The molecule has 0 fully saturated rings. The van der Waals surface area contributed by atoms with Gasteiger partial charge in [0.15, 0.2) is 0 Å². The average molecular weight is 200 g/mol. The summed E-state index contributed by atoms with van der Waals surface area (Å²) in [6.07, 6.45) is 19.9. The molecule has 0 radical (unpaired) electrons. The Hall–Kier alpha value is -1.04. The summed E-state index contributed by atoms with van der Waals surface area (Å²) in [5.74, 6) is 0.718. The van der Waals surface area contributed by atoms with Crippen molar-refractivity contribution in [2.45, 2.75) is 39.0 Å². The van der Waals surface area contributed by atoms with Gasteiger partial charge in [-0.25, -0.2) is 0 Å². The second-order valence-electron chi connectivity index (χ2n) is 4.44. The Bertz CT molecular complexity index is 296. The predicted octanol–water partition coefficient (Wildman–Crippen LogP) is 4.57. The molecule has 0 heterocycles. The van der Waals surface area contributed by atoms with Crippen molar-refractivity contribution < 1.29 is 0 Å². The van der Waals surface area contributed by atoms with Crippen molar-refractivity contribution in [1.82, 2.24) is 0 Å². The van der Waals surface area contributed by atoms with E-state index in [9.17, 15) is 0 Å². The number of unbranched alkanes of at least 4 members (excludes halogenated alkanes) is 1. The highest BCUT2D eigenvalue weighted by atomic mass is 14.2. The van der Waals surface area contributed by atoms with Crippen molar-refractivity contribution in [3.63, 3.8) is 0 Å². The number of hydrogen-bond acceptors (Lipinski definition) is 0. The maximum absolute atomic E-state index is 2.32. The van der Waals surface area contributed by atoms with Crippen LogP contribution in [0.5, 0.6) is 0 Å². The fourth-order valence-electron chi connectivity index (χ4n) is 2.46. The van der Waals surface area contributed by atoms with E-state index in [1.165, 1.54) is 32.1 Å². The summed E-state index contributed by atoms with van der Waals surface area (Å²) in [6.45, 7) is 2.28. The van der Waals surface area contributed by atoms with Crippen molar-refractivity contribution in [2.75, 3.05) is 0 Å². The highest BCUT2D eigenvalue weighted by Crippen LogP contribution is 2.34. The molecule has 80 valence electrons. The Labute approximate surface area is 93.1 Å². The molecular formula is C15H20. The minimum atomic E-state index is 0.718. The van der Waals surface area contributed by atoms with Crippen molar-refractivity contribution in [3.05, 3.63) is 47.6 Å². The van der Waals surface area contributed by atoms with Crippen LogP contribution in [0.1, 0.15) is 39.0 Å². The van der Waals surface area contributed by atoms with Crippen LogP contribution in [0.4, 0.5) is 0 Å². The van der Waals surface area contributed by atoms with Gasteiger partial charge in [-0.15, -0.1) is 0 Å². The molecule has 0 spiro atoms. The van der Waals surface area contributed by atoms with Crippen LogP contribution in [0.3, 0.4) is 0 Å². The zero-order valence-electron chi connectivity index (χ0n) is 9.58. The van der Waals surface area contributed by atoms with E-state index in [4.69, 9.17) is 0 Å². The molecule has 2 rings (SSSR count). The molecule has 0 aromatic rings. The van der Waals surface area contributed by atoms with Crippen LogP contribution in [-0.4, -0.2) is 0 Å². The normalized spacial score (nSPS) is 18.8. The van der Waals surface area contributed by atoms with Gasteiger partial charge in [0.05, 0.1) is 0 Å². The largest absolute Gasteiger partial charge is 0.0804 e. The Morgan fingerprint density at radius 2 is 1.67 bits per heavy atom. The van der Waals surface area contributed by atoms with Crippen LogP contribution < -0.4 is 0 Å². The summed E-state index contributed by atoms with van der Waals surface area (Å²) >= 11 is 0. The van der Waals surface area contributed by atoms with E-state index in [-0.39, 0.29) is 0 Å². The minimum absolute atomic E-state index is 0.718. The SMILES string of the molecule is CCCCC(C1=CC=CC1)C1=CC=CC1. The first-order valence-corrected chi connectivity index (χ1v) is 6.13. The molecule has 0 bridgehead atoms. The van der Waals surface area contributed by atoms with E-state index in [0.29, 0.717) is 0 Å². The Morgan fingerprint density at radius 3 is 2.07 bits per heavy atom. The van der Waals surface area contributed by atoms with Crippen LogP contribution in [0.2, 0.25) is 0 Å². The van der Waals surface area contributed by atoms with Gasteiger partial charge >= 0.3 is 0 Å². The van der Waals surface area contributed by atoms with E-state index >= 15 is 0 Å². The number of allylic oxidation sites excluding steroid dienone is 8. The number of hydrogen-bond donors (Lipinski definition) is 0. The molecule has 0 aromatic heterocycles. The minimum Gasteiger partial charge on any atom is -0.0804 e. The van der Waals surface area contributed by atoms with Gasteiger partial charge < -0.3 is 0 Å². The highest BCUT2D eigenvalue weighted by Gasteiger charge is 2.19. The molecule has 0 aromatic carbocycles. The van der Waals surface area contributed by atoms with E-state index < -0.39 is 0 Å². The maximum Gasteiger partial charge on any atom is 0.00194 e. The molecule has 0 nitrogen and oxygen atoms in total. The fraction of sp³-hybridized carbons (Fsp3) is 0.467. The smallest absolute Gasteiger partial charge is 0.00194 e. The average Bonchev–Trinajstić information content (AvgIpc) is 2.90. The lowest BCUT2D eigenvalue weighted by atomic mass is 9.85. The lowest BCUT2D eigenvalue weighted by Gasteiger charge is -2.19. The van der Waals surface area contributed by atoms with Gasteiger partial charge in [-0.2, -0.15) is 0 Å². The molecule has 0 heteroatoms. The summed E-state index contributed by atoms with van der Waals surface area (Å²) in [5.41, 5.74) is 3.25. The third-order valence-electron chi connectivity index (χ3n) is 3.34. The van der Waals surface area contributed by atoms with Crippen LogP contribution in [0, 0.1) is 5.92 Å². The van der Waals surface area contributed by atoms with Crippen molar-refractivity contribution >= 4 is 0 Å². The van der Waals surface area contributed by atoms with Gasteiger partial charge in [0.2, 0.25) is 0 Å². The fourth-order valence-corrected chi connectivity index (χ4v) is 2.46. The van der Waals surface area contributed by atoms with Gasteiger partial charge in [0.25, 0.3) is 0 Å². The highest BCUT2D eigenvalue weighted by molar-refractivity contribution is 5.35. The Balaban J connectivity index is 2.02. The molecule has 2 aliphatic carbocycles. The van der Waals surface area contributed by atoms with Gasteiger partial charge in [0.1, 0.15) is 0 Å². The molecule has 2 aliphatic rings. The molecule has 0 saturated heterocycles. The third kappa shape index (κ3) is 2.50. The second kappa shape index (κ2) is 5.16. The van der Waals surface area contributed by atoms with Gasteiger partial charge in [0, 0.05) is 5.92 Å². The Morgan fingerprint density at radius 1 is 1.07 bits per heavy atom. The van der Waals surface area contributed by atoms with E-state index in [1.54, 1.807) is 11.1 Å². The molecular weight excluding hydrogens is 180 g/mol. The third-order valence-corrected chi connectivity index (χ3v) is 3.34. The summed E-state index contributed by atoms with van der Waals surface area (Å²) < 4.78 is 0. The van der Waals surface area contributed by atoms with Crippen LogP contribution in [-0.2, 0) is 0 Å². The zero-order valence-corrected chi connectivity index (χ0v) is 9.58. The predicted molar refractivity (Wildman–Crippen MR) is 66.7 cm³/mol. The summed E-state index contributed by atoms with van der Waals surface area (Å²) in [6, 6.07) is 0. The quantitative estimate of drug-likeness (QED) is 0.610. The van der Waals surface area contributed by atoms with Crippen LogP contribution in [0.15, 0.2) is 47.6 Å². The van der Waals surface area contributed by atoms with Crippen molar-refractivity contribution in [2.24, 2.45) is 5.92 Å². The molecule has 0 amide bonds. The van der Waals surface area contributed by atoms with Crippen LogP contribution in [0.25, 0.3) is 0 Å². The topological polar surface area (TPSA) is 0 Å².